The third-order valence-corrected chi connectivity index (χ3v) is 7.42. The van der Waals surface area contributed by atoms with Crippen molar-refractivity contribution in [2.45, 2.75) is 51.7 Å². The van der Waals surface area contributed by atoms with E-state index in [1.165, 1.54) is 23.9 Å². The number of nitrogens with zero attached hydrogens (tertiary/aromatic N) is 3. The first kappa shape index (κ1) is 25.9. The summed E-state index contributed by atoms with van der Waals surface area (Å²) >= 11 is 1.45. The number of nitrogens with one attached hydrogen (secondary N) is 1. The summed E-state index contributed by atoms with van der Waals surface area (Å²) in [6.45, 7) is 10.7. The summed E-state index contributed by atoms with van der Waals surface area (Å²) in [7, 11) is 0. The van der Waals surface area contributed by atoms with E-state index in [-0.39, 0.29) is 40.6 Å². The Hall–Kier alpha value is -3.13. The lowest BCUT2D eigenvalue weighted by atomic mass is 9.87. The van der Waals surface area contributed by atoms with E-state index >= 15 is 0 Å². The maximum Gasteiger partial charge on any atom is 0.240 e. The highest BCUT2D eigenvalue weighted by atomic mass is 32.2. The summed E-state index contributed by atoms with van der Waals surface area (Å²) in [5, 5.41) is 7.64. The first-order valence-electron chi connectivity index (χ1n) is 12.2. The van der Waals surface area contributed by atoms with Gasteiger partial charge in [-0.25, -0.2) is 9.07 Å². The second-order valence-corrected chi connectivity index (χ2v) is 11.2. The lowest BCUT2D eigenvalue weighted by Gasteiger charge is -2.24. The van der Waals surface area contributed by atoms with Crippen molar-refractivity contribution in [2.75, 3.05) is 23.7 Å². The molecule has 8 heteroatoms. The number of para-hydroxylation sites is 1. The zero-order valence-corrected chi connectivity index (χ0v) is 22.3. The lowest BCUT2D eigenvalue weighted by Crippen LogP contribution is -2.42. The molecule has 0 radical (unpaired) electrons. The van der Waals surface area contributed by atoms with E-state index in [1.807, 2.05) is 44.2 Å². The number of benzene rings is 2. The van der Waals surface area contributed by atoms with Gasteiger partial charge in [0.25, 0.3) is 0 Å². The Bertz CT molecular complexity index is 1280. The number of thioether (sulfide) groups is 1. The van der Waals surface area contributed by atoms with Gasteiger partial charge in [0.2, 0.25) is 11.8 Å². The highest BCUT2D eigenvalue weighted by molar-refractivity contribution is 8.00. The van der Waals surface area contributed by atoms with Crippen molar-refractivity contribution >= 4 is 29.4 Å². The van der Waals surface area contributed by atoms with Crippen molar-refractivity contribution in [3.8, 4) is 5.69 Å². The molecule has 6 nitrogen and oxygen atoms in total. The summed E-state index contributed by atoms with van der Waals surface area (Å²) in [5.41, 5.74) is 3.88. The predicted octanol–water partition coefficient (Wildman–Crippen LogP) is 5.31. The number of fused-ring (bicyclic) bond motifs is 1. The fourth-order valence-corrected chi connectivity index (χ4v) is 5.63. The van der Waals surface area contributed by atoms with E-state index < -0.39 is 0 Å². The molecule has 0 saturated carbocycles. The van der Waals surface area contributed by atoms with Gasteiger partial charge in [-0.05, 0) is 42.7 Å². The van der Waals surface area contributed by atoms with Gasteiger partial charge in [0.1, 0.15) is 18.2 Å². The molecule has 2 heterocycles. The topological polar surface area (TPSA) is 67.2 Å². The average molecular weight is 509 g/mol. The van der Waals surface area contributed by atoms with Crippen LogP contribution < -0.4 is 10.2 Å². The Morgan fingerprint density at radius 2 is 1.94 bits per heavy atom. The van der Waals surface area contributed by atoms with Crippen molar-refractivity contribution in [2.24, 2.45) is 0 Å². The molecular weight excluding hydrogens is 475 g/mol. The van der Waals surface area contributed by atoms with Gasteiger partial charge in [-0.1, -0.05) is 58.0 Å². The maximum atomic E-state index is 14.3. The molecule has 36 heavy (non-hydrogen) atoms. The summed E-state index contributed by atoms with van der Waals surface area (Å²) in [5.74, 6) is 0.00539. The van der Waals surface area contributed by atoms with Gasteiger partial charge in [0, 0.05) is 17.5 Å². The minimum atomic E-state index is -0.367. The second kappa shape index (κ2) is 10.5. The maximum absolute atomic E-state index is 14.3. The molecule has 190 valence electrons. The van der Waals surface area contributed by atoms with Gasteiger partial charge in [-0.15, -0.1) is 11.8 Å². The van der Waals surface area contributed by atoms with Crippen LogP contribution in [0.15, 0.2) is 48.5 Å². The Labute approximate surface area is 216 Å². The number of carbonyl (C=O) groups is 2. The van der Waals surface area contributed by atoms with Crippen LogP contribution in [0.1, 0.15) is 61.7 Å². The zero-order chi connectivity index (χ0) is 26.0. The molecule has 2 aromatic carbocycles. The van der Waals surface area contributed by atoms with Crippen LogP contribution in [0.25, 0.3) is 5.69 Å². The number of hydrogen-bond donors (Lipinski definition) is 1. The number of anilines is 1. The zero-order valence-electron chi connectivity index (χ0n) is 21.5. The van der Waals surface area contributed by atoms with Crippen molar-refractivity contribution in [3.05, 3.63) is 76.7 Å². The molecule has 2 amide bonds. The third-order valence-electron chi connectivity index (χ3n) is 6.17. The molecule has 3 aromatic rings. The van der Waals surface area contributed by atoms with Gasteiger partial charge < -0.3 is 5.32 Å². The van der Waals surface area contributed by atoms with Crippen LogP contribution in [-0.4, -0.2) is 40.4 Å². The molecule has 1 aromatic heterocycles. The van der Waals surface area contributed by atoms with Crippen LogP contribution in [0.4, 0.5) is 10.2 Å². The van der Waals surface area contributed by atoms with E-state index in [0.717, 1.165) is 34.5 Å². The number of halogens is 1. The summed E-state index contributed by atoms with van der Waals surface area (Å²) in [6.07, 6.45) is 0.803. The van der Waals surface area contributed by atoms with Crippen LogP contribution in [0.2, 0.25) is 0 Å². The molecule has 1 aliphatic heterocycles. The van der Waals surface area contributed by atoms with Crippen molar-refractivity contribution in [1.29, 1.82) is 0 Å². The van der Waals surface area contributed by atoms with Crippen molar-refractivity contribution in [1.82, 2.24) is 15.1 Å². The fraction of sp³-hybridized carbons (Fsp3) is 0.393. The van der Waals surface area contributed by atoms with Crippen LogP contribution in [0, 0.1) is 12.7 Å². The number of aryl methyl sites for hydroxylation is 1. The first-order valence-corrected chi connectivity index (χ1v) is 13.3. The molecule has 4 rings (SSSR count). The molecule has 0 unspecified atom stereocenters. The molecule has 0 bridgehead atoms. The van der Waals surface area contributed by atoms with Crippen LogP contribution in [0.3, 0.4) is 0 Å². The number of hydrogen-bond acceptors (Lipinski definition) is 4. The SMILES string of the molecule is CCCNC(=O)CN1C(=O)CS[C@@H](c2cccc(F)c2)c2c(C(C)(C)C)nn(-c3ccccc3C)c21. The summed E-state index contributed by atoms with van der Waals surface area (Å²) in [6, 6.07) is 14.4. The third kappa shape index (κ3) is 5.19. The predicted molar refractivity (Wildman–Crippen MR) is 143 cm³/mol. The lowest BCUT2D eigenvalue weighted by molar-refractivity contribution is -0.122. The molecule has 0 fully saturated rings. The number of rotatable bonds is 6. The molecule has 0 spiro atoms. The summed E-state index contributed by atoms with van der Waals surface area (Å²) < 4.78 is 16.1. The monoisotopic (exact) mass is 508 g/mol. The minimum absolute atomic E-state index is 0.108. The Morgan fingerprint density at radius 1 is 1.19 bits per heavy atom. The number of amides is 2. The molecular formula is C28H33FN4O2S. The van der Waals surface area contributed by atoms with Crippen LogP contribution in [0.5, 0.6) is 0 Å². The number of aromatic nitrogens is 2. The van der Waals surface area contributed by atoms with Gasteiger partial charge in [0.05, 0.1) is 22.4 Å². The van der Waals surface area contributed by atoms with Crippen LogP contribution in [-0.2, 0) is 15.0 Å². The smallest absolute Gasteiger partial charge is 0.240 e. The highest BCUT2D eigenvalue weighted by Crippen LogP contribution is 2.48. The normalized spacial score (nSPS) is 16.0. The van der Waals surface area contributed by atoms with E-state index in [2.05, 4.69) is 26.1 Å². The Kier molecular flexibility index (Phi) is 7.54. The molecule has 0 aliphatic carbocycles. The van der Waals surface area contributed by atoms with Gasteiger partial charge in [-0.2, -0.15) is 5.10 Å². The van der Waals surface area contributed by atoms with Gasteiger partial charge in [0.15, 0.2) is 0 Å². The number of carbonyl (C=O) groups excluding carboxylic acids is 2. The summed E-state index contributed by atoms with van der Waals surface area (Å²) in [4.78, 5) is 28.0. The fourth-order valence-electron chi connectivity index (χ4n) is 4.44. The van der Waals surface area contributed by atoms with Crippen molar-refractivity contribution in [3.63, 3.8) is 0 Å². The quantitative estimate of drug-likeness (QED) is 0.490. The average Bonchev–Trinajstić information content (AvgIpc) is 3.16. The highest BCUT2D eigenvalue weighted by Gasteiger charge is 2.40. The van der Waals surface area contributed by atoms with E-state index in [4.69, 9.17) is 5.10 Å². The largest absolute Gasteiger partial charge is 0.355 e. The van der Waals surface area contributed by atoms with Gasteiger partial charge in [-0.3, -0.25) is 14.5 Å². The first-order chi connectivity index (χ1) is 17.1. The van der Waals surface area contributed by atoms with Gasteiger partial charge >= 0.3 is 0 Å². The molecule has 0 saturated heterocycles. The Morgan fingerprint density at radius 3 is 2.61 bits per heavy atom. The minimum Gasteiger partial charge on any atom is -0.355 e. The van der Waals surface area contributed by atoms with E-state index in [9.17, 15) is 14.0 Å². The van der Waals surface area contributed by atoms with Crippen molar-refractivity contribution < 1.29 is 14.0 Å². The Balaban J connectivity index is 2.02. The molecule has 1 atom stereocenters. The molecule has 1 aliphatic rings. The second-order valence-electron chi connectivity index (χ2n) is 10.1. The molecule has 1 N–H and O–H groups in total. The standard InChI is InChI=1S/C28H33FN4O2S/c1-6-14-30-22(34)16-32-23(35)17-36-25(19-11-9-12-20(29)15-19)24-26(28(3,4)5)31-33(27(24)32)21-13-8-7-10-18(21)2/h7-13,15,25H,6,14,16-17H2,1-5H3,(H,30,34)/t25-/m0/s1. The van der Waals surface area contributed by atoms with E-state index in [1.54, 1.807) is 15.6 Å². The van der Waals surface area contributed by atoms with E-state index in [0.29, 0.717) is 12.4 Å². The van der Waals surface area contributed by atoms with Crippen LogP contribution >= 0.6 is 11.8 Å².